The summed E-state index contributed by atoms with van der Waals surface area (Å²) in [5.41, 5.74) is 0. The standard InChI is InChI=1S/C46H73O11P/c1-3-5-7-8-9-10-11-12-13-16-20-23-26-29-33-37-46(51)57-44(41-56-58(52,53)55-39-43(49)38-47)40-54-45(50)36-32-28-25-22-19-17-14-15-18-21-24-27-31-35-42(48)34-30-6-4-2/h5-7,9-10,12-13,15,17-19,24-25,27-28,30-31,35,42-44,47-49H,3-4,8,11,14,16,20-23,26,29,32-34,36-41H2,1-2H3,(H,52,53)/b7-5-,10-9-,13-12-,18-15-,19-17-,27-24+,28-25-,30-6-,35-31+/t42?,43-,44+/m0/s1. The molecule has 0 aromatic heterocycles. The average molecular weight is 833 g/mol. The van der Waals surface area contributed by atoms with Crippen molar-refractivity contribution < 1.29 is 52.9 Å². The van der Waals surface area contributed by atoms with Crippen LogP contribution in [0.3, 0.4) is 0 Å². The monoisotopic (exact) mass is 832 g/mol. The van der Waals surface area contributed by atoms with Gasteiger partial charge in [-0.05, 0) is 77.0 Å². The Morgan fingerprint density at radius 2 is 1.12 bits per heavy atom. The third kappa shape index (κ3) is 39.4. The van der Waals surface area contributed by atoms with E-state index in [1.807, 2.05) is 48.6 Å². The summed E-state index contributed by atoms with van der Waals surface area (Å²) in [5.74, 6) is -1.08. The Hall–Kier alpha value is -3.41. The minimum absolute atomic E-state index is 0.0898. The number of carbonyl (C=O) groups is 2. The fourth-order valence-corrected chi connectivity index (χ4v) is 5.61. The smallest absolute Gasteiger partial charge is 0.462 e. The highest BCUT2D eigenvalue weighted by molar-refractivity contribution is 7.47. The Labute approximate surface area is 348 Å². The van der Waals surface area contributed by atoms with Crippen LogP contribution in [0.2, 0.25) is 0 Å². The lowest BCUT2D eigenvalue weighted by Crippen LogP contribution is -2.29. The zero-order valence-electron chi connectivity index (χ0n) is 35.1. The molecule has 11 nitrogen and oxygen atoms in total. The molecule has 0 fully saturated rings. The van der Waals surface area contributed by atoms with Gasteiger partial charge in [0, 0.05) is 12.8 Å². The molecule has 4 N–H and O–H groups in total. The molecule has 4 atom stereocenters. The zero-order valence-corrected chi connectivity index (χ0v) is 36.0. The first kappa shape index (κ1) is 54.6. The molecule has 58 heavy (non-hydrogen) atoms. The quantitative estimate of drug-likeness (QED) is 0.0155. The van der Waals surface area contributed by atoms with Crippen LogP contribution in [-0.2, 0) is 32.7 Å². The maximum absolute atomic E-state index is 12.6. The number of phosphoric acid groups is 1. The summed E-state index contributed by atoms with van der Waals surface area (Å²) in [6, 6.07) is 0. The van der Waals surface area contributed by atoms with Gasteiger partial charge in [-0.25, -0.2) is 4.57 Å². The predicted octanol–water partition coefficient (Wildman–Crippen LogP) is 9.97. The first-order valence-electron chi connectivity index (χ1n) is 21.0. The van der Waals surface area contributed by atoms with Crippen LogP contribution in [0.5, 0.6) is 0 Å². The van der Waals surface area contributed by atoms with Gasteiger partial charge in [0.15, 0.2) is 6.10 Å². The number of esters is 2. The SMILES string of the molecule is CC/C=C\C/C=C\C/C=C\CCCCCCCC(=O)O[C@H](COC(=O)CC/C=C\C/C=C\C/C=C\C/C=C/C=C/C(O)C/C=C\CC)COP(=O)(O)OC[C@@H](O)CO. The van der Waals surface area contributed by atoms with E-state index in [9.17, 15) is 29.3 Å². The molecule has 0 aromatic rings. The maximum Gasteiger partial charge on any atom is 0.472 e. The Morgan fingerprint density at radius 3 is 1.76 bits per heavy atom. The van der Waals surface area contributed by atoms with Crippen molar-refractivity contribution >= 4 is 19.8 Å². The molecule has 0 heterocycles. The lowest BCUT2D eigenvalue weighted by molar-refractivity contribution is -0.161. The van der Waals surface area contributed by atoms with E-state index in [1.54, 1.807) is 6.08 Å². The number of carbonyl (C=O) groups excluding carboxylic acids is 2. The lowest BCUT2D eigenvalue weighted by Gasteiger charge is -2.20. The summed E-state index contributed by atoms with van der Waals surface area (Å²) in [6.07, 6.45) is 46.8. The molecule has 0 rings (SSSR count). The highest BCUT2D eigenvalue weighted by atomic mass is 31.2. The molecule has 0 aliphatic rings. The number of hydrogen-bond donors (Lipinski definition) is 4. The van der Waals surface area contributed by atoms with E-state index in [-0.39, 0.29) is 19.4 Å². The number of phosphoric ester groups is 1. The van der Waals surface area contributed by atoms with Crippen LogP contribution in [0.15, 0.2) is 109 Å². The summed E-state index contributed by atoms with van der Waals surface area (Å²) < 4.78 is 32.6. The molecule has 328 valence electrons. The normalized spacial score (nSPS) is 15.5. The minimum atomic E-state index is -4.65. The van der Waals surface area contributed by atoms with E-state index in [4.69, 9.17) is 19.1 Å². The van der Waals surface area contributed by atoms with E-state index in [0.717, 1.165) is 70.6 Å². The number of allylic oxidation sites excluding steroid dienone is 16. The van der Waals surface area contributed by atoms with Crippen molar-refractivity contribution in [1.82, 2.24) is 0 Å². The minimum Gasteiger partial charge on any atom is -0.462 e. The number of unbranched alkanes of at least 4 members (excludes halogenated alkanes) is 5. The molecule has 0 aliphatic carbocycles. The lowest BCUT2D eigenvalue weighted by atomic mass is 10.1. The number of ether oxygens (including phenoxy) is 2. The van der Waals surface area contributed by atoms with Gasteiger partial charge in [-0.1, -0.05) is 142 Å². The van der Waals surface area contributed by atoms with Crippen LogP contribution in [0.25, 0.3) is 0 Å². The van der Waals surface area contributed by atoms with E-state index >= 15 is 0 Å². The second kappa shape index (κ2) is 40.4. The number of rotatable bonds is 37. The molecule has 0 bridgehead atoms. The van der Waals surface area contributed by atoms with Gasteiger partial charge < -0.3 is 29.7 Å². The second-order valence-electron chi connectivity index (χ2n) is 13.4. The van der Waals surface area contributed by atoms with Gasteiger partial charge in [-0.2, -0.15) is 0 Å². The van der Waals surface area contributed by atoms with Crippen LogP contribution in [0, 0.1) is 0 Å². The van der Waals surface area contributed by atoms with Crippen LogP contribution < -0.4 is 0 Å². The van der Waals surface area contributed by atoms with Crippen molar-refractivity contribution in [3.8, 4) is 0 Å². The molecule has 12 heteroatoms. The van der Waals surface area contributed by atoms with Crippen molar-refractivity contribution in [2.24, 2.45) is 0 Å². The molecular formula is C46H73O11P. The fraction of sp³-hybridized carbons (Fsp3) is 0.565. The molecule has 0 spiro atoms. The molecule has 0 aliphatic heterocycles. The summed E-state index contributed by atoms with van der Waals surface area (Å²) >= 11 is 0. The van der Waals surface area contributed by atoms with E-state index < -0.39 is 57.9 Å². The van der Waals surface area contributed by atoms with Gasteiger partial charge in [-0.15, -0.1) is 0 Å². The molecule has 0 radical (unpaired) electrons. The summed E-state index contributed by atoms with van der Waals surface area (Å²) in [4.78, 5) is 34.9. The van der Waals surface area contributed by atoms with Gasteiger partial charge in [0.1, 0.15) is 12.7 Å². The molecular weight excluding hydrogens is 759 g/mol. The number of hydrogen-bond acceptors (Lipinski definition) is 10. The van der Waals surface area contributed by atoms with Crippen molar-refractivity contribution in [2.75, 3.05) is 26.4 Å². The maximum atomic E-state index is 12.6. The van der Waals surface area contributed by atoms with Crippen molar-refractivity contribution in [3.63, 3.8) is 0 Å². The Balaban J connectivity index is 4.52. The van der Waals surface area contributed by atoms with E-state index in [2.05, 4.69) is 73.1 Å². The average Bonchev–Trinajstić information content (AvgIpc) is 3.20. The van der Waals surface area contributed by atoms with Crippen LogP contribution in [-0.4, -0.2) is 76.9 Å². The molecule has 2 unspecified atom stereocenters. The number of aliphatic hydroxyl groups excluding tert-OH is 3. The number of aliphatic hydroxyl groups is 3. The zero-order chi connectivity index (χ0) is 42.8. The molecule has 0 saturated heterocycles. The van der Waals surface area contributed by atoms with Crippen LogP contribution in [0.1, 0.15) is 123 Å². The van der Waals surface area contributed by atoms with Crippen LogP contribution in [0.4, 0.5) is 0 Å². The van der Waals surface area contributed by atoms with Gasteiger partial charge in [-0.3, -0.25) is 18.6 Å². The van der Waals surface area contributed by atoms with Gasteiger partial charge in [0.05, 0.1) is 25.9 Å². The van der Waals surface area contributed by atoms with Gasteiger partial charge in [0.25, 0.3) is 0 Å². The predicted molar refractivity (Wildman–Crippen MR) is 234 cm³/mol. The topological polar surface area (TPSA) is 169 Å². The third-order valence-electron chi connectivity index (χ3n) is 8.02. The Morgan fingerprint density at radius 1 is 0.586 bits per heavy atom. The van der Waals surface area contributed by atoms with Crippen molar-refractivity contribution in [2.45, 2.75) is 141 Å². The fourth-order valence-electron chi connectivity index (χ4n) is 4.82. The first-order valence-corrected chi connectivity index (χ1v) is 22.4. The van der Waals surface area contributed by atoms with Gasteiger partial charge >= 0.3 is 19.8 Å². The summed E-state index contributed by atoms with van der Waals surface area (Å²) in [5, 5.41) is 28.1. The highest BCUT2D eigenvalue weighted by Gasteiger charge is 2.27. The molecule has 0 aromatic carbocycles. The van der Waals surface area contributed by atoms with Crippen molar-refractivity contribution in [3.05, 3.63) is 109 Å². The third-order valence-corrected chi connectivity index (χ3v) is 8.97. The second-order valence-corrected chi connectivity index (χ2v) is 14.9. The van der Waals surface area contributed by atoms with Crippen molar-refractivity contribution in [1.29, 1.82) is 0 Å². The first-order chi connectivity index (χ1) is 28.1. The Bertz CT molecular complexity index is 1340. The Kier molecular flexibility index (Phi) is 38.0. The molecule has 0 amide bonds. The molecule has 0 saturated carbocycles. The summed E-state index contributed by atoms with van der Waals surface area (Å²) in [6.45, 7) is 1.91. The van der Waals surface area contributed by atoms with Crippen LogP contribution >= 0.6 is 7.82 Å². The van der Waals surface area contributed by atoms with Gasteiger partial charge in [0.2, 0.25) is 0 Å². The van der Waals surface area contributed by atoms with E-state index in [1.165, 1.54) is 0 Å². The highest BCUT2D eigenvalue weighted by Crippen LogP contribution is 2.43. The largest absolute Gasteiger partial charge is 0.472 e. The summed E-state index contributed by atoms with van der Waals surface area (Å²) in [7, 11) is -4.65. The van der Waals surface area contributed by atoms with E-state index in [0.29, 0.717) is 25.7 Å².